The van der Waals surface area contributed by atoms with E-state index < -0.39 is 0 Å². The first-order chi connectivity index (χ1) is 4.34. The second kappa shape index (κ2) is 2.92. The maximum atomic E-state index is 2.16. The van der Waals surface area contributed by atoms with Gasteiger partial charge in [-0.3, -0.25) is 0 Å². The summed E-state index contributed by atoms with van der Waals surface area (Å²) in [5.74, 6) is 0. The summed E-state index contributed by atoms with van der Waals surface area (Å²) in [6, 6.07) is 8.46. The van der Waals surface area contributed by atoms with Crippen molar-refractivity contribution in [1.29, 1.82) is 0 Å². The fourth-order valence-electron chi connectivity index (χ4n) is 0.814. The molecule has 0 aliphatic carbocycles. The fraction of sp³-hybridized carbons (Fsp3) is 0.250. The van der Waals surface area contributed by atoms with E-state index in [1.165, 1.54) is 22.2 Å². The highest BCUT2D eigenvalue weighted by Gasteiger charge is 1.98. The number of benzene rings is 1. The molecule has 0 fully saturated rings. The van der Waals surface area contributed by atoms with E-state index >= 15 is 0 Å². The van der Waals surface area contributed by atoms with Crippen LogP contribution in [0.15, 0.2) is 29.2 Å². The minimum atomic E-state index is 1.36. The SMILES string of the molecule is C[SH+]c1ccccc1C. The minimum Gasteiger partial charge on any atom is -0.0616 e. The zero-order chi connectivity index (χ0) is 6.69. The van der Waals surface area contributed by atoms with E-state index in [2.05, 4.69) is 37.4 Å². The normalized spacial score (nSPS) is 9.56. The Labute approximate surface area is 60.3 Å². The lowest BCUT2D eigenvalue weighted by Gasteiger charge is -1.90. The average Bonchev–Trinajstić information content (AvgIpc) is 1.89. The molecule has 0 heterocycles. The summed E-state index contributed by atoms with van der Waals surface area (Å²) in [7, 11) is 0. The van der Waals surface area contributed by atoms with Gasteiger partial charge in [-0.05, 0) is 13.0 Å². The van der Waals surface area contributed by atoms with Crippen LogP contribution in [0.4, 0.5) is 0 Å². The van der Waals surface area contributed by atoms with Crippen LogP contribution in [0.3, 0.4) is 0 Å². The Bertz CT molecular complexity index is 194. The second-order valence-electron chi connectivity index (χ2n) is 2.01. The maximum Gasteiger partial charge on any atom is 0.155 e. The molecule has 0 aliphatic rings. The third-order valence-electron chi connectivity index (χ3n) is 1.36. The summed E-state index contributed by atoms with van der Waals surface area (Å²) in [6.45, 7) is 2.14. The van der Waals surface area contributed by atoms with E-state index in [-0.39, 0.29) is 0 Å². The van der Waals surface area contributed by atoms with Gasteiger partial charge in [0.2, 0.25) is 0 Å². The molecule has 9 heavy (non-hydrogen) atoms. The van der Waals surface area contributed by atoms with Gasteiger partial charge in [0.05, 0.1) is 0 Å². The van der Waals surface area contributed by atoms with Gasteiger partial charge in [-0.15, -0.1) is 0 Å². The summed E-state index contributed by atoms with van der Waals surface area (Å²) < 4.78 is 0. The Balaban J connectivity index is 3.01. The van der Waals surface area contributed by atoms with E-state index in [4.69, 9.17) is 0 Å². The first-order valence-electron chi connectivity index (χ1n) is 3.00. The summed E-state index contributed by atoms with van der Waals surface area (Å²) in [4.78, 5) is 1.43. The van der Waals surface area contributed by atoms with Crippen LogP contribution in [0.2, 0.25) is 0 Å². The van der Waals surface area contributed by atoms with Gasteiger partial charge in [0.1, 0.15) is 6.26 Å². The zero-order valence-corrected chi connectivity index (χ0v) is 6.65. The molecule has 0 aromatic heterocycles. The average molecular weight is 139 g/mol. The van der Waals surface area contributed by atoms with Crippen LogP contribution < -0.4 is 0 Å². The zero-order valence-electron chi connectivity index (χ0n) is 5.76. The lowest BCUT2D eigenvalue weighted by molar-refractivity contribution is 1.30. The quantitative estimate of drug-likeness (QED) is 0.411. The molecule has 1 heteroatoms. The van der Waals surface area contributed by atoms with Gasteiger partial charge in [0.25, 0.3) is 0 Å². The maximum absolute atomic E-state index is 2.16. The number of rotatable bonds is 1. The van der Waals surface area contributed by atoms with E-state index in [1.54, 1.807) is 0 Å². The first kappa shape index (κ1) is 6.69. The molecule has 0 saturated heterocycles. The third kappa shape index (κ3) is 1.49. The van der Waals surface area contributed by atoms with Crippen molar-refractivity contribution in [3.05, 3.63) is 29.8 Å². The van der Waals surface area contributed by atoms with Crippen molar-refractivity contribution < 1.29 is 0 Å². The van der Waals surface area contributed by atoms with Crippen molar-refractivity contribution >= 4 is 11.8 Å². The fourth-order valence-corrected chi connectivity index (χ4v) is 1.48. The first-order valence-corrected chi connectivity index (χ1v) is 4.34. The van der Waals surface area contributed by atoms with Crippen molar-refractivity contribution in [2.45, 2.75) is 11.8 Å². The monoisotopic (exact) mass is 139 g/mol. The lowest BCUT2D eigenvalue weighted by atomic mass is 10.2. The highest BCUT2D eigenvalue weighted by atomic mass is 32.2. The van der Waals surface area contributed by atoms with Crippen molar-refractivity contribution in [3.8, 4) is 0 Å². The van der Waals surface area contributed by atoms with E-state index in [0.29, 0.717) is 0 Å². The minimum absolute atomic E-state index is 1.36. The lowest BCUT2D eigenvalue weighted by Crippen LogP contribution is -1.82. The molecule has 0 amide bonds. The van der Waals surface area contributed by atoms with Gasteiger partial charge in [-0.2, -0.15) is 0 Å². The second-order valence-corrected chi connectivity index (χ2v) is 2.94. The standard InChI is InChI=1S/C8H10S/c1-7-5-3-4-6-8(7)9-2/h3-6H,1-2H3/p+1. The van der Waals surface area contributed by atoms with E-state index in [9.17, 15) is 0 Å². The van der Waals surface area contributed by atoms with Gasteiger partial charge in [0.15, 0.2) is 4.90 Å². The van der Waals surface area contributed by atoms with Crippen molar-refractivity contribution in [3.63, 3.8) is 0 Å². The van der Waals surface area contributed by atoms with Gasteiger partial charge in [-0.25, -0.2) is 0 Å². The Morgan fingerprint density at radius 3 is 2.33 bits per heavy atom. The topological polar surface area (TPSA) is 0 Å². The third-order valence-corrected chi connectivity index (χ3v) is 2.34. The summed E-state index contributed by atoms with van der Waals surface area (Å²) >= 11 is 1.36. The van der Waals surface area contributed by atoms with Gasteiger partial charge in [-0.1, -0.05) is 18.2 Å². The predicted molar refractivity (Wildman–Crippen MR) is 44.1 cm³/mol. The molecule has 0 N–H and O–H groups in total. The summed E-state index contributed by atoms with van der Waals surface area (Å²) in [6.07, 6.45) is 2.16. The molecular weight excluding hydrogens is 128 g/mol. The van der Waals surface area contributed by atoms with Gasteiger partial charge in [0, 0.05) is 17.3 Å². The smallest absolute Gasteiger partial charge is 0.0616 e. The van der Waals surface area contributed by atoms with Crippen LogP contribution in [0.25, 0.3) is 0 Å². The highest BCUT2D eigenvalue weighted by Crippen LogP contribution is 2.07. The number of thiol groups is 1. The number of aryl methyl sites for hydroxylation is 1. The molecule has 0 bridgehead atoms. The molecule has 1 rings (SSSR count). The Morgan fingerprint density at radius 1 is 1.22 bits per heavy atom. The number of hydrogen-bond donors (Lipinski definition) is 0. The van der Waals surface area contributed by atoms with Gasteiger partial charge >= 0.3 is 0 Å². The molecular formula is C8H11S+. The Morgan fingerprint density at radius 2 is 1.89 bits per heavy atom. The van der Waals surface area contributed by atoms with Crippen LogP contribution >= 0.6 is 0 Å². The molecule has 48 valence electrons. The van der Waals surface area contributed by atoms with E-state index in [0.717, 1.165) is 0 Å². The highest BCUT2D eigenvalue weighted by molar-refractivity contribution is 7.77. The molecule has 0 nitrogen and oxygen atoms in total. The van der Waals surface area contributed by atoms with Crippen LogP contribution in [0, 0.1) is 6.92 Å². The van der Waals surface area contributed by atoms with Crippen molar-refractivity contribution in [1.82, 2.24) is 0 Å². The van der Waals surface area contributed by atoms with Crippen LogP contribution in [-0.4, -0.2) is 6.26 Å². The van der Waals surface area contributed by atoms with Crippen molar-refractivity contribution in [2.24, 2.45) is 0 Å². The summed E-state index contributed by atoms with van der Waals surface area (Å²) in [5, 5.41) is 0. The van der Waals surface area contributed by atoms with E-state index in [1.807, 2.05) is 0 Å². The molecule has 1 aromatic rings. The number of hydrogen-bond acceptors (Lipinski definition) is 0. The molecule has 0 aliphatic heterocycles. The predicted octanol–water partition coefficient (Wildman–Crippen LogP) is 1.80. The molecule has 0 radical (unpaired) electrons. The molecule has 0 unspecified atom stereocenters. The Hall–Kier alpha value is -0.430. The van der Waals surface area contributed by atoms with Crippen LogP contribution in [-0.2, 0) is 11.8 Å². The van der Waals surface area contributed by atoms with Gasteiger partial charge < -0.3 is 0 Å². The van der Waals surface area contributed by atoms with Crippen LogP contribution in [0.5, 0.6) is 0 Å². The van der Waals surface area contributed by atoms with Crippen molar-refractivity contribution in [2.75, 3.05) is 6.26 Å². The summed E-state index contributed by atoms with van der Waals surface area (Å²) in [5.41, 5.74) is 1.39. The molecule has 0 atom stereocenters. The Kier molecular flexibility index (Phi) is 2.17. The largest absolute Gasteiger partial charge is 0.155 e. The van der Waals surface area contributed by atoms with Crippen LogP contribution in [0.1, 0.15) is 5.56 Å². The molecule has 0 spiro atoms. The molecule has 0 saturated carbocycles. The molecule has 1 aromatic carbocycles.